The SMILES string of the molecule is CCN(CC)c1ccc(C2C(C(=O)OC(C)C)=C(C)Nc3nc(SC)[nH]c(=O)c32)cc1. The first kappa shape index (κ1) is 22.9. The minimum absolute atomic E-state index is 0.262. The molecule has 2 heterocycles. The van der Waals surface area contributed by atoms with Crippen LogP contribution in [0.5, 0.6) is 0 Å². The Morgan fingerprint density at radius 2 is 1.87 bits per heavy atom. The second-order valence-electron chi connectivity index (χ2n) is 7.65. The van der Waals surface area contributed by atoms with Crippen LogP contribution in [0, 0.1) is 0 Å². The highest BCUT2D eigenvalue weighted by atomic mass is 32.2. The number of anilines is 2. The predicted octanol–water partition coefficient (Wildman–Crippen LogP) is 4.12. The smallest absolute Gasteiger partial charge is 0.337 e. The standard InChI is InChI=1S/C23H30N4O3S/c1-7-27(8-2)16-11-9-15(10-12-16)18-17(22(29)30-13(3)4)14(5)24-20-19(18)21(28)26-23(25-20)31-6/h9-13,18H,7-8H2,1-6H3,(H2,24,25,26,28). The molecule has 1 aliphatic rings. The lowest BCUT2D eigenvalue weighted by Crippen LogP contribution is -2.32. The van der Waals surface area contributed by atoms with Crippen LogP contribution in [0.15, 0.2) is 45.5 Å². The molecule has 0 radical (unpaired) electrons. The normalized spacial score (nSPS) is 15.5. The van der Waals surface area contributed by atoms with Gasteiger partial charge in [0.05, 0.1) is 23.2 Å². The van der Waals surface area contributed by atoms with Gasteiger partial charge in [-0.05, 0) is 58.6 Å². The molecule has 2 N–H and O–H groups in total. The zero-order chi connectivity index (χ0) is 22.7. The molecule has 0 saturated heterocycles. The van der Waals surface area contributed by atoms with Gasteiger partial charge in [0.15, 0.2) is 5.16 Å². The monoisotopic (exact) mass is 442 g/mol. The Morgan fingerprint density at radius 1 is 1.23 bits per heavy atom. The van der Waals surface area contributed by atoms with Gasteiger partial charge < -0.3 is 19.9 Å². The van der Waals surface area contributed by atoms with E-state index in [1.54, 1.807) is 0 Å². The number of carbonyl (C=O) groups is 1. The molecule has 2 aromatic rings. The maximum Gasteiger partial charge on any atom is 0.337 e. The fourth-order valence-corrected chi connectivity index (χ4v) is 4.25. The van der Waals surface area contributed by atoms with Crippen molar-refractivity contribution in [2.24, 2.45) is 0 Å². The van der Waals surface area contributed by atoms with Crippen molar-refractivity contribution in [2.45, 2.75) is 51.8 Å². The molecule has 8 heteroatoms. The molecule has 31 heavy (non-hydrogen) atoms. The summed E-state index contributed by atoms with van der Waals surface area (Å²) >= 11 is 1.36. The van der Waals surface area contributed by atoms with Crippen molar-refractivity contribution in [2.75, 3.05) is 29.6 Å². The molecule has 0 spiro atoms. The first-order valence-corrected chi connectivity index (χ1v) is 11.7. The van der Waals surface area contributed by atoms with E-state index in [-0.39, 0.29) is 11.7 Å². The third kappa shape index (κ3) is 4.63. The molecule has 3 rings (SSSR count). The van der Waals surface area contributed by atoms with E-state index in [1.807, 2.05) is 51.3 Å². The van der Waals surface area contributed by atoms with Gasteiger partial charge in [-0.3, -0.25) is 4.79 Å². The average Bonchev–Trinajstić information content (AvgIpc) is 2.73. The third-order valence-electron chi connectivity index (χ3n) is 5.33. The van der Waals surface area contributed by atoms with Gasteiger partial charge >= 0.3 is 5.97 Å². The fourth-order valence-electron chi connectivity index (χ4n) is 3.88. The summed E-state index contributed by atoms with van der Waals surface area (Å²) < 4.78 is 5.53. The van der Waals surface area contributed by atoms with Crippen molar-refractivity contribution in [3.05, 3.63) is 57.0 Å². The molecule has 166 valence electrons. The lowest BCUT2D eigenvalue weighted by Gasteiger charge is -2.29. The molecular weight excluding hydrogens is 412 g/mol. The number of carbonyl (C=O) groups excluding carboxylic acids is 1. The largest absolute Gasteiger partial charge is 0.460 e. The van der Waals surface area contributed by atoms with E-state index in [4.69, 9.17) is 4.74 Å². The van der Waals surface area contributed by atoms with Gasteiger partial charge in [-0.1, -0.05) is 23.9 Å². The molecule has 0 bridgehead atoms. The molecular formula is C23H30N4O3S. The summed E-state index contributed by atoms with van der Waals surface area (Å²) in [6, 6.07) is 8.02. The lowest BCUT2D eigenvalue weighted by molar-refractivity contribution is -0.143. The number of fused-ring (bicyclic) bond motifs is 1. The number of benzene rings is 1. The Kier molecular flexibility index (Phi) is 7.10. The number of hydrogen-bond donors (Lipinski definition) is 2. The number of ether oxygens (including phenoxy) is 1. The Labute approximate surface area is 187 Å². The lowest BCUT2D eigenvalue weighted by atomic mass is 9.82. The van der Waals surface area contributed by atoms with E-state index >= 15 is 0 Å². The van der Waals surface area contributed by atoms with Gasteiger partial charge in [-0.15, -0.1) is 0 Å². The summed E-state index contributed by atoms with van der Waals surface area (Å²) in [5, 5.41) is 3.67. The highest BCUT2D eigenvalue weighted by molar-refractivity contribution is 7.98. The molecule has 0 fully saturated rings. The Morgan fingerprint density at radius 3 is 2.42 bits per heavy atom. The van der Waals surface area contributed by atoms with Crippen LogP contribution in [-0.2, 0) is 9.53 Å². The zero-order valence-corrected chi connectivity index (χ0v) is 19.7. The molecule has 7 nitrogen and oxygen atoms in total. The predicted molar refractivity (Wildman–Crippen MR) is 126 cm³/mol. The quantitative estimate of drug-likeness (QED) is 0.379. The van der Waals surface area contributed by atoms with Gasteiger partial charge in [0.25, 0.3) is 5.56 Å². The second kappa shape index (κ2) is 9.60. The number of aromatic nitrogens is 2. The number of rotatable bonds is 7. The number of H-pyrrole nitrogens is 1. The van der Waals surface area contributed by atoms with Gasteiger partial charge in [-0.25, -0.2) is 9.78 Å². The molecule has 1 atom stereocenters. The van der Waals surface area contributed by atoms with Gasteiger partial charge in [0.2, 0.25) is 0 Å². The van der Waals surface area contributed by atoms with Gasteiger partial charge in [0.1, 0.15) is 5.82 Å². The summed E-state index contributed by atoms with van der Waals surface area (Å²) in [6.45, 7) is 11.5. The van der Waals surface area contributed by atoms with Crippen LogP contribution in [0.4, 0.5) is 11.5 Å². The maximum absolute atomic E-state index is 13.1. The van der Waals surface area contributed by atoms with Crippen molar-refractivity contribution in [3.63, 3.8) is 0 Å². The molecule has 0 aliphatic carbocycles. The van der Waals surface area contributed by atoms with Crippen LogP contribution in [0.1, 0.15) is 51.7 Å². The first-order chi connectivity index (χ1) is 14.8. The van der Waals surface area contributed by atoms with Gasteiger partial charge in [0, 0.05) is 24.5 Å². The Bertz CT molecular complexity index is 1040. The minimum Gasteiger partial charge on any atom is -0.460 e. The third-order valence-corrected chi connectivity index (χ3v) is 5.91. The van der Waals surface area contributed by atoms with Crippen LogP contribution in [0.2, 0.25) is 0 Å². The van der Waals surface area contributed by atoms with Crippen LogP contribution >= 0.6 is 11.8 Å². The number of aromatic amines is 1. The highest BCUT2D eigenvalue weighted by Gasteiger charge is 2.36. The number of esters is 1. The first-order valence-electron chi connectivity index (χ1n) is 10.5. The Balaban J connectivity index is 2.17. The number of thioether (sulfide) groups is 1. The molecule has 1 aliphatic heterocycles. The topological polar surface area (TPSA) is 87.3 Å². The van der Waals surface area contributed by atoms with Crippen LogP contribution < -0.4 is 15.8 Å². The molecule has 1 aromatic carbocycles. The van der Waals surface area contributed by atoms with E-state index in [2.05, 4.69) is 34.0 Å². The molecule has 1 aromatic heterocycles. The van der Waals surface area contributed by atoms with Crippen molar-refractivity contribution >= 4 is 29.2 Å². The fraction of sp³-hybridized carbons (Fsp3) is 0.435. The van der Waals surface area contributed by atoms with Gasteiger partial charge in [-0.2, -0.15) is 0 Å². The number of nitrogens with one attached hydrogen (secondary N) is 2. The van der Waals surface area contributed by atoms with Crippen LogP contribution in [-0.4, -0.2) is 41.4 Å². The highest BCUT2D eigenvalue weighted by Crippen LogP contribution is 2.40. The summed E-state index contributed by atoms with van der Waals surface area (Å²) in [6.07, 6.45) is 1.58. The van der Waals surface area contributed by atoms with E-state index in [1.165, 1.54) is 11.8 Å². The van der Waals surface area contributed by atoms with E-state index in [0.29, 0.717) is 27.8 Å². The van der Waals surface area contributed by atoms with Crippen molar-refractivity contribution in [3.8, 4) is 0 Å². The summed E-state index contributed by atoms with van der Waals surface area (Å²) in [7, 11) is 0. The van der Waals surface area contributed by atoms with Crippen molar-refractivity contribution < 1.29 is 9.53 Å². The van der Waals surface area contributed by atoms with E-state index < -0.39 is 11.9 Å². The molecule has 0 amide bonds. The number of nitrogens with zero attached hydrogens (tertiary/aromatic N) is 2. The van der Waals surface area contributed by atoms with E-state index in [0.717, 1.165) is 24.3 Å². The minimum atomic E-state index is -0.569. The number of allylic oxidation sites excluding steroid dienone is 1. The van der Waals surface area contributed by atoms with E-state index in [9.17, 15) is 9.59 Å². The summed E-state index contributed by atoms with van der Waals surface area (Å²) in [5.41, 5.74) is 3.18. The van der Waals surface area contributed by atoms with Crippen molar-refractivity contribution in [1.82, 2.24) is 9.97 Å². The average molecular weight is 443 g/mol. The van der Waals surface area contributed by atoms with Crippen molar-refractivity contribution in [1.29, 1.82) is 0 Å². The van der Waals surface area contributed by atoms with Crippen LogP contribution in [0.25, 0.3) is 0 Å². The maximum atomic E-state index is 13.1. The second-order valence-corrected chi connectivity index (χ2v) is 8.45. The van der Waals surface area contributed by atoms with Crippen LogP contribution in [0.3, 0.4) is 0 Å². The zero-order valence-electron chi connectivity index (χ0n) is 18.9. The summed E-state index contributed by atoms with van der Waals surface area (Å²) in [4.78, 5) is 35.7. The summed E-state index contributed by atoms with van der Waals surface area (Å²) in [5.74, 6) is -0.526. The molecule has 0 saturated carbocycles. The number of hydrogen-bond acceptors (Lipinski definition) is 7. The Hall–Kier alpha value is -2.74. The molecule has 1 unspecified atom stereocenters.